The molecular weight excluding hydrogens is 284 g/mol. The van der Waals surface area contributed by atoms with Gasteiger partial charge in [-0.3, -0.25) is 9.59 Å². The first kappa shape index (κ1) is 16.9. The van der Waals surface area contributed by atoms with Gasteiger partial charge in [0.2, 0.25) is 0 Å². The molecule has 5 heteroatoms. The molecule has 0 heterocycles. The number of carbonyl (C=O) groups excluding carboxylic acids is 2. The zero-order chi connectivity index (χ0) is 16.5. The Kier molecular flexibility index (Phi) is 4.59. The van der Waals surface area contributed by atoms with Crippen molar-refractivity contribution < 1.29 is 24.5 Å². The molecule has 2 aliphatic rings. The monoisotopic (exact) mass is 308 g/mol. The van der Waals surface area contributed by atoms with Gasteiger partial charge in [0.05, 0.1) is 0 Å². The summed E-state index contributed by atoms with van der Waals surface area (Å²) in [6, 6.07) is 0. The van der Waals surface area contributed by atoms with Crippen LogP contribution in [0.4, 0.5) is 0 Å². The van der Waals surface area contributed by atoms with Gasteiger partial charge in [0.1, 0.15) is 12.4 Å². The summed E-state index contributed by atoms with van der Waals surface area (Å²) >= 11 is 0. The van der Waals surface area contributed by atoms with E-state index in [-0.39, 0.29) is 17.8 Å². The lowest BCUT2D eigenvalue weighted by Gasteiger charge is -2.54. The van der Waals surface area contributed by atoms with Crippen LogP contribution in [0.2, 0.25) is 0 Å². The highest BCUT2D eigenvalue weighted by atomic mass is 16.5. The number of aliphatic hydroxyl groups excluding tert-OH is 1. The van der Waals surface area contributed by atoms with Crippen molar-refractivity contribution in [1.82, 2.24) is 0 Å². The van der Waals surface area contributed by atoms with E-state index in [1.165, 1.54) is 0 Å². The normalized spacial score (nSPS) is 37.9. The molecule has 4 unspecified atom stereocenters. The van der Waals surface area contributed by atoms with Gasteiger partial charge in [0.15, 0.2) is 6.29 Å². The van der Waals surface area contributed by atoms with Crippen molar-refractivity contribution >= 4 is 12.8 Å². The Morgan fingerprint density at radius 3 is 2.64 bits per heavy atom. The first-order valence-electron chi connectivity index (χ1n) is 7.58. The standard InChI is InChI=1S/C17H24O5/c1-11-12(9-18)17(3)6-4-5-16(2,8-15(20)21)14(17)7-13(11)22-10-19/h4-5,9-10,13-15,20-21H,6-8H2,1-3H3. The lowest BCUT2D eigenvalue weighted by atomic mass is 9.51. The first-order chi connectivity index (χ1) is 10.3. The average molecular weight is 308 g/mol. The fraction of sp³-hybridized carbons (Fsp3) is 0.647. The number of aliphatic hydroxyl groups is 2. The van der Waals surface area contributed by atoms with Gasteiger partial charge in [-0.25, -0.2) is 0 Å². The van der Waals surface area contributed by atoms with E-state index in [9.17, 15) is 19.8 Å². The SMILES string of the molecule is CC1=C(C=O)C2(C)CC=CC(C)(CC(O)O)C2CC1OC=O. The molecule has 0 aromatic carbocycles. The summed E-state index contributed by atoms with van der Waals surface area (Å²) in [5, 5.41) is 18.9. The summed E-state index contributed by atoms with van der Waals surface area (Å²) in [6.45, 7) is 6.24. The van der Waals surface area contributed by atoms with E-state index < -0.39 is 17.8 Å². The molecule has 22 heavy (non-hydrogen) atoms. The lowest BCUT2D eigenvalue weighted by Crippen LogP contribution is -2.49. The fourth-order valence-corrected chi connectivity index (χ4v) is 4.46. The van der Waals surface area contributed by atoms with Gasteiger partial charge in [-0.2, -0.15) is 0 Å². The van der Waals surface area contributed by atoms with E-state index in [1.807, 2.05) is 32.9 Å². The number of ether oxygens (including phenoxy) is 1. The lowest BCUT2D eigenvalue weighted by molar-refractivity contribution is -0.136. The zero-order valence-corrected chi connectivity index (χ0v) is 13.3. The third-order valence-electron chi connectivity index (χ3n) is 5.54. The molecule has 0 spiro atoms. The third-order valence-corrected chi connectivity index (χ3v) is 5.54. The van der Waals surface area contributed by atoms with E-state index in [4.69, 9.17) is 4.74 Å². The van der Waals surface area contributed by atoms with Gasteiger partial charge >= 0.3 is 0 Å². The second-order valence-electron chi connectivity index (χ2n) is 6.94. The van der Waals surface area contributed by atoms with Crippen LogP contribution >= 0.6 is 0 Å². The molecule has 0 radical (unpaired) electrons. The van der Waals surface area contributed by atoms with Gasteiger partial charge in [-0.05, 0) is 36.7 Å². The number of fused-ring (bicyclic) bond motifs is 1. The van der Waals surface area contributed by atoms with Crippen molar-refractivity contribution in [3.05, 3.63) is 23.3 Å². The zero-order valence-electron chi connectivity index (χ0n) is 13.3. The molecule has 0 saturated carbocycles. The number of allylic oxidation sites excluding steroid dienone is 3. The first-order valence-corrected chi connectivity index (χ1v) is 7.58. The summed E-state index contributed by atoms with van der Waals surface area (Å²) < 4.78 is 5.17. The number of carbonyl (C=O) groups is 2. The minimum Gasteiger partial charge on any atom is -0.460 e. The van der Waals surface area contributed by atoms with Gasteiger partial charge in [0.25, 0.3) is 6.47 Å². The summed E-state index contributed by atoms with van der Waals surface area (Å²) in [4.78, 5) is 22.5. The quantitative estimate of drug-likeness (QED) is 0.459. The van der Waals surface area contributed by atoms with Crippen LogP contribution in [0.5, 0.6) is 0 Å². The van der Waals surface area contributed by atoms with Crippen molar-refractivity contribution in [2.45, 2.75) is 52.4 Å². The summed E-state index contributed by atoms with van der Waals surface area (Å²) in [6.07, 6.45) is 4.49. The van der Waals surface area contributed by atoms with Crippen LogP contribution in [-0.2, 0) is 14.3 Å². The van der Waals surface area contributed by atoms with Crippen molar-refractivity contribution in [3.8, 4) is 0 Å². The molecule has 0 amide bonds. The second-order valence-corrected chi connectivity index (χ2v) is 6.94. The maximum absolute atomic E-state index is 11.7. The highest BCUT2D eigenvalue weighted by Crippen LogP contribution is 2.58. The van der Waals surface area contributed by atoms with Crippen molar-refractivity contribution in [2.75, 3.05) is 0 Å². The number of hydrogen-bond donors (Lipinski definition) is 2. The Hall–Kier alpha value is -1.46. The minimum absolute atomic E-state index is 0.0133. The number of hydrogen-bond acceptors (Lipinski definition) is 5. The fourth-order valence-electron chi connectivity index (χ4n) is 4.46. The average Bonchev–Trinajstić information content (AvgIpc) is 2.40. The van der Waals surface area contributed by atoms with Crippen LogP contribution in [0.25, 0.3) is 0 Å². The van der Waals surface area contributed by atoms with E-state index in [0.29, 0.717) is 24.9 Å². The van der Waals surface area contributed by atoms with Crippen LogP contribution in [0.15, 0.2) is 23.3 Å². The maximum atomic E-state index is 11.7. The summed E-state index contributed by atoms with van der Waals surface area (Å²) in [7, 11) is 0. The molecule has 0 bridgehead atoms. The molecule has 2 rings (SSSR count). The molecular formula is C17H24O5. The predicted molar refractivity (Wildman–Crippen MR) is 80.6 cm³/mol. The predicted octanol–water partition coefficient (Wildman–Crippen LogP) is 1.74. The molecule has 122 valence electrons. The number of aldehydes is 1. The van der Waals surface area contributed by atoms with Gasteiger partial charge in [0, 0.05) is 17.4 Å². The van der Waals surface area contributed by atoms with Crippen molar-refractivity contribution in [2.24, 2.45) is 16.7 Å². The van der Waals surface area contributed by atoms with Gasteiger partial charge < -0.3 is 14.9 Å². The van der Waals surface area contributed by atoms with Crippen molar-refractivity contribution in [1.29, 1.82) is 0 Å². The number of rotatable bonds is 5. The third kappa shape index (κ3) is 2.63. The second kappa shape index (κ2) is 5.97. The Morgan fingerprint density at radius 2 is 2.09 bits per heavy atom. The largest absolute Gasteiger partial charge is 0.460 e. The Morgan fingerprint density at radius 1 is 1.41 bits per heavy atom. The molecule has 0 fully saturated rings. The highest BCUT2D eigenvalue weighted by molar-refractivity contribution is 5.78. The Bertz CT molecular complexity index is 521. The molecule has 4 atom stereocenters. The van der Waals surface area contributed by atoms with Gasteiger partial charge in [-0.15, -0.1) is 0 Å². The van der Waals surface area contributed by atoms with E-state index in [1.54, 1.807) is 0 Å². The molecule has 2 N–H and O–H groups in total. The maximum Gasteiger partial charge on any atom is 0.293 e. The smallest absolute Gasteiger partial charge is 0.293 e. The molecule has 5 nitrogen and oxygen atoms in total. The Balaban J connectivity index is 2.52. The minimum atomic E-state index is -1.42. The Labute approximate surface area is 130 Å². The van der Waals surface area contributed by atoms with E-state index >= 15 is 0 Å². The van der Waals surface area contributed by atoms with Gasteiger partial charge in [-0.1, -0.05) is 26.0 Å². The van der Waals surface area contributed by atoms with Crippen LogP contribution in [0.3, 0.4) is 0 Å². The molecule has 0 aliphatic heterocycles. The topological polar surface area (TPSA) is 83.8 Å². The summed E-state index contributed by atoms with van der Waals surface area (Å²) in [5.74, 6) is -0.0133. The molecule has 0 saturated heterocycles. The van der Waals surface area contributed by atoms with Crippen LogP contribution < -0.4 is 0 Å². The van der Waals surface area contributed by atoms with Crippen LogP contribution in [-0.4, -0.2) is 35.4 Å². The van der Waals surface area contributed by atoms with E-state index in [2.05, 4.69) is 0 Å². The molecule has 2 aliphatic carbocycles. The highest BCUT2D eigenvalue weighted by Gasteiger charge is 2.53. The summed E-state index contributed by atoms with van der Waals surface area (Å²) in [5.41, 5.74) is 0.606. The molecule has 0 aromatic rings. The molecule has 0 aromatic heterocycles. The van der Waals surface area contributed by atoms with E-state index in [0.717, 1.165) is 11.9 Å². The van der Waals surface area contributed by atoms with Crippen LogP contribution in [0.1, 0.15) is 40.0 Å². The van der Waals surface area contributed by atoms with Crippen LogP contribution in [0, 0.1) is 16.7 Å². The van der Waals surface area contributed by atoms with Crippen molar-refractivity contribution in [3.63, 3.8) is 0 Å².